The fraction of sp³-hybridized carbons (Fsp3) is 0.415. The molecule has 1 aliphatic heterocycles. The first-order chi connectivity index (χ1) is 25.2. The van der Waals surface area contributed by atoms with E-state index >= 15 is 0 Å². The summed E-state index contributed by atoms with van der Waals surface area (Å²) in [4.78, 5) is 52.2. The number of aromatic nitrogens is 2. The number of benzene rings is 2. The third-order valence-corrected chi connectivity index (χ3v) is 12.6. The highest BCUT2D eigenvalue weighted by molar-refractivity contribution is 5.88. The Labute approximate surface area is 305 Å². The van der Waals surface area contributed by atoms with Crippen LogP contribution < -0.4 is 0 Å². The van der Waals surface area contributed by atoms with Crippen molar-refractivity contribution in [2.24, 2.45) is 28.6 Å². The van der Waals surface area contributed by atoms with Gasteiger partial charge in [-0.3, -0.25) is 19.2 Å². The number of para-hydroxylation sites is 2. The van der Waals surface area contributed by atoms with Crippen molar-refractivity contribution in [3.63, 3.8) is 0 Å². The Morgan fingerprint density at radius 2 is 1.57 bits per heavy atom. The van der Waals surface area contributed by atoms with Gasteiger partial charge in [-0.1, -0.05) is 49.1 Å². The van der Waals surface area contributed by atoms with Gasteiger partial charge in [0.25, 0.3) is 0 Å². The molecule has 4 aromatic rings. The van der Waals surface area contributed by atoms with E-state index in [-0.39, 0.29) is 18.8 Å². The van der Waals surface area contributed by atoms with E-state index in [1.807, 2.05) is 48.7 Å². The molecule has 4 bridgehead atoms. The smallest absolute Gasteiger partial charge is 0.316 e. The van der Waals surface area contributed by atoms with Crippen molar-refractivity contribution >= 4 is 45.7 Å². The van der Waals surface area contributed by atoms with E-state index in [0.717, 1.165) is 28.4 Å². The molecule has 12 heteroatoms. The number of aliphatic hydroxyl groups excluding tert-OH is 1. The van der Waals surface area contributed by atoms with Crippen molar-refractivity contribution in [2.75, 3.05) is 0 Å². The molecule has 3 saturated carbocycles. The topological polar surface area (TPSA) is 210 Å². The molecule has 0 amide bonds. The number of aliphatic carboxylic acids is 3. The number of carboxylic acids is 3. The first kappa shape index (κ1) is 36.2. The third kappa shape index (κ3) is 5.66. The number of carboxylic acid groups (broad SMARTS) is 3. The molecule has 1 spiro atoms. The summed E-state index contributed by atoms with van der Waals surface area (Å²) in [6.07, 6.45) is 9.64. The summed E-state index contributed by atoms with van der Waals surface area (Å²) in [6, 6.07) is 15.7. The molecule has 7 N–H and O–H groups in total. The van der Waals surface area contributed by atoms with Gasteiger partial charge >= 0.3 is 23.9 Å². The van der Waals surface area contributed by atoms with Crippen LogP contribution in [0.15, 0.2) is 85.2 Å². The van der Waals surface area contributed by atoms with Crippen LogP contribution in [-0.4, -0.2) is 76.7 Å². The number of hydrogen-bond donors (Lipinski definition) is 7. The van der Waals surface area contributed by atoms with E-state index < -0.39 is 63.8 Å². The average molecular weight is 725 g/mol. The van der Waals surface area contributed by atoms with E-state index in [0.29, 0.717) is 37.7 Å². The minimum atomic E-state index is -1.27. The molecule has 4 fully saturated rings. The summed E-state index contributed by atoms with van der Waals surface area (Å²) < 4.78 is 5.87. The van der Waals surface area contributed by atoms with Gasteiger partial charge in [0.1, 0.15) is 11.0 Å². The largest absolute Gasteiger partial charge is 0.481 e. The Kier molecular flexibility index (Phi) is 8.89. The van der Waals surface area contributed by atoms with Crippen LogP contribution in [0.4, 0.5) is 0 Å². The van der Waals surface area contributed by atoms with Gasteiger partial charge in [-0.05, 0) is 85.8 Å². The molecule has 2 aromatic carbocycles. The van der Waals surface area contributed by atoms with Crippen molar-refractivity contribution in [1.29, 1.82) is 0 Å². The second-order valence-electron chi connectivity index (χ2n) is 15.5. The molecule has 1 saturated heterocycles. The summed E-state index contributed by atoms with van der Waals surface area (Å²) in [5.41, 5.74) is 0.841. The normalized spacial score (nSPS) is 33.0. The van der Waals surface area contributed by atoms with Crippen molar-refractivity contribution in [2.45, 2.75) is 75.6 Å². The Morgan fingerprint density at radius 1 is 0.943 bits per heavy atom. The van der Waals surface area contributed by atoms with E-state index in [1.165, 1.54) is 10.9 Å². The maximum Gasteiger partial charge on any atom is 0.316 e. The number of ether oxygens (including phenoxy) is 1. The summed E-state index contributed by atoms with van der Waals surface area (Å²) >= 11 is 0. The average Bonchev–Trinajstić information content (AvgIpc) is 3.85. The van der Waals surface area contributed by atoms with Gasteiger partial charge in [-0.2, -0.15) is 0 Å². The van der Waals surface area contributed by atoms with Gasteiger partial charge in [0.15, 0.2) is 0 Å². The van der Waals surface area contributed by atoms with E-state index in [9.17, 15) is 34.5 Å². The standard InChI is InChI=1S/C19H22O6.C12H13NO2.C10H9NO2/c1-9-7-17-8-18(9,24)5-3-10(17)19-6-4-11(20)16(2,15(23)25-19)13(19)12(17)14(21)22;14-12(15)7-3-4-9-8-13-11-6-2-1-5-10(9)11;12-10(13)5-7-6-11-9-4-2-1-3-8(7)9/h4,6,10-13,20,24H,1,3,5,7-8H2,2H3,(H,21,22);1-2,5-6,8,13H,3-4,7H2,(H,14,15);1-4,6,11H,5H2,(H,12,13)/t10-,11+,12-,13-,16-,17+,18+,19-;;/m1../s1. The summed E-state index contributed by atoms with van der Waals surface area (Å²) in [7, 11) is 0. The predicted molar refractivity (Wildman–Crippen MR) is 194 cm³/mol. The van der Waals surface area contributed by atoms with Crippen LogP contribution in [0.2, 0.25) is 0 Å². The first-order valence-corrected chi connectivity index (χ1v) is 17.9. The van der Waals surface area contributed by atoms with Gasteiger partial charge < -0.3 is 40.2 Å². The Morgan fingerprint density at radius 3 is 2.19 bits per heavy atom. The lowest BCUT2D eigenvalue weighted by atomic mass is 9.61. The minimum Gasteiger partial charge on any atom is -0.481 e. The number of esters is 1. The number of carbonyl (C=O) groups excluding carboxylic acids is 1. The van der Waals surface area contributed by atoms with E-state index in [1.54, 1.807) is 25.3 Å². The fourth-order valence-corrected chi connectivity index (χ4v) is 10.3. The number of aliphatic hydroxyl groups is 2. The Balaban J connectivity index is 0.000000133. The molecule has 2 aromatic heterocycles. The Bertz CT molecular complexity index is 2170. The highest BCUT2D eigenvalue weighted by Gasteiger charge is 2.83. The van der Waals surface area contributed by atoms with Crippen molar-refractivity contribution in [3.8, 4) is 0 Å². The number of aryl methyl sites for hydroxylation is 1. The van der Waals surface area contributed by atoms with Crippen LogP contribution in [0, 0.1) is 28.6 Å². The van der Waals surface area contributed by atoms with Crippen LogP contribution in [0.1, 0.15) is 56.6 Å². The lowest BCUT2D eigenvalue weighted by Gasteiger charge is -2.44. The van der Waals surface area contributed by atoms with Crippen LogP contribution >= 0.6 is 0 Å². The third-order valence-electron chi connectivity index (χ3n) is 12.6. The summed E-state index contributed by atoms with van der Waals surface area (Å²) in [6.45, 7) is 5.64. The lowest BCUT2D eigenvalue weighted by molar-refractivity contribution is -0.163. The zero-order chi connectivity index (χ0) is 37.9. The molecular formula is C41H44N2O10. The Hall–Kier alpha value is -5.20. The molecule has 8 atom stereocenters. The lowest BCUT2D eigenvalue weighted by Crippen LogP contribution is -2.50. The fourth-order valence-electron chi connectivity index (χ4n) is 10.3. The van der Waals surface area contributed by atoms with Crippen molar-refractivity contribution < 1.29 is 49.4 Å². The molecule has 5 aliphatic rings. The zero-order valence-electron chi connectivity index (χ0n) is 29.4. The van der Waals surface area contributed by atoms with Crippen molar-refractivity contribution in [3.05, 3.63) is 96.4 Å². The highest BCUT2D eigenvalue weighted by atomic mass is 16.6. The molecular weight excluding hydrogens is 680 g/mol. The molecule has 0 radical (unpaired) electrons. The van der Waals surface area contributed by atoms with Crippen LogP contribution in [-0.2, 0) is 36.8 Å². The van der Waals surface area contributed by atoms with E-state index in [2.05, 4.69) is 22.6 Å². The monoisotopic (exact) mass is 724 g/mol. The predicted octanol–water partition coefficient (Wildman–Crippen LogP) is 5.40. The van der Waals surface area contributed by atoms with Crippen LogP contribution in [0.5, 0.6) is 0 Å². The van der Waals surface area contributed by atoms with Gasteiger partial charge in [-0.15, -0.1) is 0 Å². The SMILES string of the molecule is C=C1C[C@]23C[C@@]1(O)CC[C@H]2[C@@]12C=C[C@H](O)[C@@](C)(C(=O)O1)[C@H]2[C@@H]3C(=O)O.O=C(O)CCCc1c[nH]c2ccccc12.O=C(O)Cc1c[nH]c2ccccc12. The van der Waals surface area contributed by atoms with Crippen LogP contribution in [0.25, 0.3) is 21.8 Å². The zero-order valence-corrected chi connectivity index (χ0v) is 29.4. The van der Waals surface area contributed by atoms with Gasteiger partial charge in [0, 0.05) is 52.5 Å². The second kappa shape index (κ2) is 13.0. The minimum absolute atomic E-state index is 0.0734. The number of fused-ring (bicyclic) bond motifs is 3. The highest BCUT2D eigenvalue weighted by Crippen LogP contribution is 2.77. The molecule has 278 valence electrons. The number of H-pyrrole nitrogens is 2. The molecule has 4 aliphatic carbocycles. The number of nitrogens with one attached hydrogen (secondary N) is 2. The van der Waals surface area contributed by atoms with E-state index in [4.69, 9.17) is 14.9 Å². The first-order valence-electron chi connectivity index (χ1n) is 17.9. The number of rotatable bonds is 7. The van der Waals surface area contributed by atoms with Crippen molar-refractivity contribution in [1.82, 2.24) is 9.97 Å². The van der Waals surface area contributed by atoms with Gasteiger partial charge in [0.2, 0.25) is 0 Å². The molecule has 3 heterocycles. The second-order valence-corrected chi connectivity index (χ2v) is 15.5. The molecule has 0 unspecified atom stereocenters. The quantitative estimate of drug-likeness (QED) is 0.0954. The van der Waals surface area contributed by atoms with Gasteiger partial charge in [-0.25, -0.2) is 0 Å². The maximum absolute atomic E-state index is 12.7. The molecule has 53 heavy (non-hydrogen) atoms. The molecule has 9 rings (SSSR count). The number of aromatic amines is 2. The number of carbonyl (C=O) groups is 4. The maximum atomic E-state index is 12.7. The van der Waals surface area contributed by atoms with Crippen LogP contribution in [0.3, 0.4) is 0 Å². The van der Waals surface area contributed by atoms with Gasteiger partial charge in [0.05, 0.1) is 24.0 Å². The summed E-state index contributed by atoms with van der Waals surface area (Å²) in [5, 5.41) is 51.0. The summed E-state index contributed by atoms with van der Waals surface area (Å²) in [5.74, 6) is -4.71. The number of hydrogen-bond acceptors (Lipinski definition) is 7. The molecule has 12 nitrogen and oxygen atoms in total.